The highest BCUT2D eigenvalue weighted by atomic mass is 32.2. The van der Waals surface area contributed by atoms with Gasteiger partial charge in [-0.1, -0.05) is 12.1 Å². The van der Waals surface area contributed by atoms with E-state index < -0.39 is 33.2 Å². The van der Waals surface area contributed by atoms with Gasteiger partial charge >= 0.3 is 5.97 Å². The second kappa shape index (κ2) is 7.84. The first-order valence-electron chi connectivity index (χ1n) is 7.15. The van der Waals surface area contributed by atoms with Crippen LogP contribution in [0.15, 0.2) is 40.8 Å². The number of carbonyl (C=O) groups excluding carboxylic acids is 2. The van der Waals surface area contributed by atoms with Gasteiger partial charge in [0.15, 0.2) is 9.84 Å². The Balaban J connectivity index is 2.01. The van der Waals surface area contributed by atoms with Crippen LogP contribution in [0.4, 0.5) is 5.69 Å². The zero-order valence-corrected chi connectivity index (χ0v) is 14.5. The SMILES string of the molecule is COC(=O)c1ccc(CS(=O)(=O)CC(=O)Nc2ccccc2OC)o1. The van der Waals surface area contributed by atoms with Gasteiger partial charge in [-0.3, -0.25) is 4.79 Å². The average molecular weight is 367 g/mol. The highest BCUT2D eigenvalue weighted by Crippen LogP contribution is 2.23. The number of rotatable bonds is 7. The third-order valence-corrected chi connectivity index (χ3v) is 4.57. The summed E-state index contributed by atoms with van der Waals surface area (Å²) >= 11 is 0. The van der Waals surface area contributed by atoms with Crippen molar-refractivity contribution in [2.45, 2.75) is 5.75 Å². The first kappa shape index (κ1) is 18.5. The van der Waals surface area contributed by atoms with Gasteiger partial charge in [0.05, 0.1) is 19.9 Å². The maximum absolute atomic E-state index is 12.1. The van der Waals surface area contributed by atoms with Gasteiger partial charge in [-0.15, -0.1) is 0 Å². The molecule has 0 aliphatic heterocycles. The standard InChI is InChI=1S/C16H17NO7S/c1-22-13-6-4-3-5-12(13)17-15(18)10-25(20,21)9-11-7-8-14(24-11)16(19)23-2/h3-8H,9-10H2,1-2H3,(H,17,18). The first-order valence-corrected chi connectivity index (χ1v) is 8.97. The van der Waals surface area contributed by atoms with Gasteiger partial charge in [0, 0.05) is 0 Å². The molecule has 134 valence electrons. The van der Waals surface area contributed by atoms with E-state index in [-0.39, 0.29) is 11.5 Å². The third kappa shape index (κ3) is 5.08. The van der Waals surface area contributed by atoms with E-state index in [2.05, 4.69) is 10.1 Å². The zero-order chi connectivity index (χ0) is 18.4. The molecule has 0 saturated carbocycles. The summed E-state index contributed by atoms with van der Waals surface area (Å²) in [6.07, 6.45) is 0. The molecule has 0 fully saturated rings. The Morgan fingerprint density at radius 3 is 2.52 bits per heavy atom. The molecule has 9 heteroatoms. The summed E-state index contributed by atoms with van der Waals surface area (Å²) in [5.74, 6) is -2.30. The molecule has 0 aliphatic rings. The molecule has 2 rings (SSSR count). The van der Waals surface area contributed by atoms with Crippen molar-refractivity contribution in [2.75, 3.05) is 25.3 Å². The van der Waals surface area contributed by atoms with Crippen molar-refractivity contribution in [3.8, 4) is 5.75 Å². The predicted octanol–water partition coefficient (Wildman–Crippen LogP) is 1.63. The van der Waals surface area contributed by atoms with Gasteiger partial charge < -0.3 is 19.2 Å². The molecule has 1 aromatic carbocycles. The molecule has 0 spiro atoms. The lowest BCUT2D eigenvalue weighted by Crippen LogP contribution is -2.24. The van der Waals surface area contributed by atoms with Crippen LogP contribution in [-0.2, 0) is 25.1 Å². The topological polar surface area (TPSA) is 112 Å². The van der Waals surface area contributed by atoms with E-state index in [1.54, 1.807) is 24.3 Å². The summed E-state index contributed by atoms with van der Waals surface area (Å²) in [5, 5.41) is 2.49. The van der Waals surface area contributed by atoms with Crippen LogP contribution in [0.25, 0.3) is 0 Å². The first-order chi connectivity index (χ1) is 11.8. The number of furan rings is 1. The lowest BCUT2D eigenvalue weighted by molar-refractivity contribution is -0.113. The Bertz CT molecular complexity index is 870. The summed E-state index contributed by atoms with van der Waals surface area (Å²) in [5.41, 5.74) is 0.371. The van der Waals surface area contributed by atoms with Gasteiger partial charge in [-0.05, 0) is 24.3 Å². The summed E-state index contributed by atoms with van der Waals surface area (Å²) in [7, 11) is -1.17. The molecule has 0 radical (unpaired) electrons. The number of ether oxygens (including phenoxy) is 2. The van der Waals surface area contributed by atoms with Crippen molar-refractivity contribution < 1.29 is 31.9 Å². The van der Waals surface area contributed by atoms with Crippen molar-refractivity contribution in [3.05, 3.63) is 47.9 Å². The van der Waals surface area contributed by atoms with E-state index in [9.17, 15) is 18.0 Å². The van der Waals surface area contributed by atoms with Crippen LogP contribution in [0.5, 0.6) is 5.75 Å². The van der Waals surface area contributed by atoms with E-state index in [1.165, 1.54) is 26.4 Å². The quantitative estimate of drug-likeness (QED) is 0.740. The minimum absolute atomic E-state index is 0.0468. The summed E-state index contributed by atoms with van der Waals surface area (Å²) in [6, 6.07) is 9.30. The fraction of sp³-hybridized carbons (Fsp3) is 0.250. The van der Waals surface area contributed by atoms with E-state index >= 15 is 0 Å². The molecule has 1 amide bonds. The van der Waals surface area contributed by atoms with Crippen molar-refractivity contribution in [2.24, 2.45) is 0 Å². The fourth-order valence-electron chi connectivity index (χ4n) is 2.07. The van der Waals surface area contributed by atoms with Crippen LogP contribution < -0.4 is 10.1 Å². The molecular formula is C16H17NO7S. The fourth-order valence-corrected chi connectivity index (χ4v) is 3.23. The van der Waals surface area contributed by atoms with E-state index in [4.69, 9.17) is 9.15 Å². The highest BCUT2D eigenvalue weighted by molar-refractivity contribution is 7.91. The summed E-state index contributed by atoms with van der Waals surface area (Å²) in [6.45, 7) is 0. The Labute approximate surface area is 144 Å². The van der Waals surface area contributed by atoms with Crippen LogP contribution in [0.3, 0.4) is 0 Å². The van der Waals surface area contributed by atoms with Gasteiger partial charge in [-0.2, -0.15) is 0 Å². The van der Waals surface area contributed by atoms with Crippen LogP contribution in [-0.4, -0.2) is 40.3 Å². The van der Waals surface area contributed by atoms with Crippen LogP contribution >= 0.6 is 0 Å². The number of sulfone groups is 1. The van der Waals surface area contributed by atoms with E-state index in [1.807, 2.05) is 0 Å². The van der Waals surface area contributed by atoms with Gasteiger partial charge in [0.1, 0.15) is 23.0 Å². The molecule has 0 aliphatic carbocycles. The van der Waals surface area contributed by atoms with Crippen LogP contribution in [0.2, 0.25) is 0 Å². The molecule has 8 nitrogen and oxygen atoms in total. The number of hydrogen-bond acceptors (Lipinski definition) is 7. The number of carbonyl (C=O) groups is 2. The molecule has 2 aromatic rings. The number of methoxy groups -OCH3 is 2. The van der Waals surface area contributed by atoms with Gasteiger partial charge in [0.25, 0.3) is 0 Å². The number of amides is 1. The maximum atomic E-state index is 12.1. The van der Waals surface area contributed by atoms with Crippen molar-refractivity contribution in [3.63, 3.8) is 0 Å². The number of hydrogen-bond donors (Lipinski definition) is 1. The Morgan fingerprint density at radius 2 is 1.84 bits per heavy atom. The molecule has 0 saturated heterocycles. The van der Waals surface area contributed by atoms with Gasteiger partial charge in [-0.25, -0.2) is 13.2 Å². The number of esters is 1. The molecule has 0 unspecified atom stereocenters. The maximum Gasteiger partial charge on any atom is 0.373 e. The molecule has 1 aromatic heterocycles. The third-order valence-electron chi connectivity index (χ3n) is 3.14. The zero-order valence-electron chi connectivity index (χ0n) is 13.6. The Morgan fingerprint density at radius 1 is 1.12 bits per heavy atom. The Kier molecular flexibility index (Phi) is 5.81. The number of para-hydroxylation sites is 2. The molecule has 0 atom stereocenters. The lowest BCUT2D eigenvalue weighted by atomic mass is 10.3. The second-order valence-electron chi connectivity index (χ2n) is 5.04. The molecule has 1 heterocycles. The van der Waals surface area contributed by atoms with E-state index in [0.717, 1.165) is 0 Å². The molecular weight excluding hydrogens is 350 g/mol. The smallest absolute Gasteiger partial charge is 0.373 e. The predicted molar refractivity (Wildman–Crippen MR) is 89.2 cm³/mol. The summed E-state index contributed by atoms with van der Waals surface area (Å²) in [4.78, 5) is 23.3. The number of benzene rings is 1. The number of nitrogens with one attached hydrogen (secondary N) is 1. The molecule has 0 bridgehead atoms. The monoisotopic (exact) mass is 367 g/mol. The van der Waals surface area contributed by atoms with Gasteiger partial charge in [0.2, 0.25) is 11.7 Å². The summed E-state index contributed by atoms with van der Waals surface area (Å²) < 4.78 is 38.9. The molecule has 25 heavy (non-hydrogen) atoms. The van der Waals surface area contributed by atoms with Crippen molar-refractivity contribution in [1.82, 2.24) is 0 Å². The average Bonchev–Trinajstić information content (AvgIpc) is 3.01. The molecule has 1 N–H and O–H groups in total. The van der Waals surface area contributed by atoms with Crippen LogP contribution in [0.1, 0.15) is 16.3 Å². The van der Waals surface area contributed by atoms with Crippen molar-refractivity contribution >= 4 is 27.4 Å². The minimum Gasteiger partial charge on any atom is -0.495 e. The normalized spacial score (nSPS) is 11.0. The highest BCUT2D eigenvalue weighted by Gasteiger charge is 2.21. The minimum atomic E-state index is -3.79. The largest absolute Gasteiger partial charge is 0.495 e. The second-order valence-corrected chi connectivity index (χ2v) is 7.10. The number of anilines is 1. The Hall–Kier alpha value is -2.81. The van der Waals surface area contributed by atoms with Crippen LogP contribution in [0, 0.1) is 0 Å². The van der Waals surface area contributed by atoms with Crippen molar-refractivity contribution in [1.29, 1.82) is 0 Å². The van der Waals surface area contributed by atoms with E-state index in [0.29, 0.717) is 11.4 Å². The lowest BCUT2D eigenvalue weighted by Gasteiger charge is -2.09.